The van der Waals surface area contributed by atoms with Crippen LogP contribution < -0.4 is 5.32 Å². The van der Waals surface area contributed by atoms with Crippen LogP contribution in [0.1, 0.15) is 19.8 Å². The average Bonchev–Trinajstić information content (AvgIpc) is 2.63. The first kappa shape index (κ1) is 11.3. The molecule has 0 aromatic carbocycles. The van der Waals surface area contributed by atoms with Crippen LogP contribution in [0.15, 0.2) is 0 Å². The van der Waals surface area contributed by atoms with Crippen LogP contribution in [0.3, 0.4) is 0 Å². The molecule has 0 aromatic heterocycles. The molecule has 15 heavy (non-hydrogen) atoms. The molecule has 2 aliphatic rings. The van der Waals surface area contributed by atoms with E-state index >= 15 is 0 Å². The van der Waals surface area contributed by atoms with Gasteiger partial charge in [0, 0.05) is 32.7 Å². The molecular formula is C9H19N3O2S. The molecule has 2 aliphatic heterocycles. The Bertz CT molecular complexity index is 307. The van der Waals surface area contributed by atoms with Crippen molar-refractivity contribution in [3.8, 4) is 0 Å². The Labute approximate surface area is 91.6 Å². The highest BCUT2D eigenvalue weighted by molar-refractivity contribution is 7.86. The number of hydrogen-bond acceptors (Lipinski definition) is 3. The predicted octanol–water partition coefficient (Wildman–Crippen LogP) is -0.379. The Morgan fingerprint density at radius 1 is 1.33 bits per heavy atom. The van der Waals surface area contributed by atoms with E-state index in [0.29, 0.717) is 19.6 Å². The first-order valence-electron chi connectivity index (χ1n) is 5.64. The van der Waals surface area contributed by atoms with Gasteiger partial charge in [-0.3, -0.25) is 0 Å². The maximum absolute atomic E-state index is 12.2. The number of likely N-dealkylation sites (N-methyl/N-ethyl adjacent to an activating group) is 1. The topological polar surface area (TPSA) is 52.7 Å². The van der Waals surface area contributed by atoms with Crippen molar-refractivity contribution in [3.63, 3.8) is 0 Å². The largest absolute Gasteiger partial charge is 0.313 e. The van der Waals surface area contributed by atoms with Gasteiger partial charge < -0.3 is 5.32 Å². The maximum Gasteiger partial charge on any atom is 0.282 e. The Balaban J connectivity index is 2.10. The van der Waals surface area contributed by atoms with Gasteiger partial charge in [-0.2, -0.15) is 17.0 Å². The van der Waals surface area contributed by atoms with E-state index in [-0.39, 0.29) is 6.04 Å². The van der Waals surface area contributed by atoms with Crippen LogP contribution in [0.25, 0.3) is 0 Å². The SMILES string of the molecule is CCN(C1CNC1)S(=O)(=O)N1CCCC1. The highest BCUT2D eigenvalue weighted by Crippen LogP contribution is 2.19. The third kappa shape index (κ3) is 2.04. The molecule has 2 saturated heterocycles. The lowest BCUT2D eigenvalue weighted by Gasteiger charge is -2.38. The summed E-state index contributed by atoms with van der Waals surface area (Å²) in [6.45, 7) is 5.46. The summed E-state index contributed by atoms with van der Waals surface area (Å²) in [5.41, 5.74) is 0. The minimum Gasteiger partial charge on any atom is -0.313 e. The van der Waals surface area contributed by atoms with Gasteiger partial charge >= 0.3 is 0 Å². The molecule has 2 rings (SSSR count). The van der Waals surface area contributed by atoms with Crippen LogP contribution in [-0.4, -0.2) is 55.8 Å². The van der Waals surface area contributed by atoms with Crippen LogP contribution >= 0.6 is 0 Å². The smallest absolute Gasteiger partial charge is 0.282 e. The minimum absolute atomic E-state index is 0.167. The van der Waals surface area contributed by atoms with Gasteiger partial charge in [-0.25, -0.2) is 0 Å². The van der Waals surface area contributed by atoms with Crippen molar-refractivity contribution in [1.82, 2.24) is 13.9 Å². The van der Waals surface area contributed by atoms with Crippen molar-refractivity contribution in [2.24, 2.45) is 0 Å². The zero-order valence-corrected chi connectivity index (χ0v) is 9.96. The van der Waals surface area contributed by atoms with Gasteiger partial charge in [0.1, 0.15) is 0 Å². The first-order valence-corrected chi connectivity index (χ1v) is 7.03. The van der Waals surface area contributed by atoms with Gasteiger partial charge in [0.2, 0.25) is 0 Å². The lowest BCUT2D eigenvalue weighted by Crippen LogP contribution is -2.60. The molecule has 2 heterocycles. The summed E-state index contributed by atoms with van der Waals surface area (Å²) in [6, 6.07) is 0.167. The molecule has 0 saturated carbocycles. The molecule has 0 amide bonds. The average molecular weight is 233 g/mol. The molecule has 0 aromatic rings. The van der Waals surface area contributed by atoms with Crippen LogP contribution in [-0.2, 0) is 10.2 Å². The summed E-state index contributed by atoms with van der Waals surface area (Å²) in [4.78, 5) is 0. The fraction of sp³-hybridized carbons (Fsp3) is 1.00. The first-order chi connectivity index (χ1) is 7.16. The molecule has 5 nitrogen and oxygen atoms in total. The van der Waals surface area contributed by atoms with E-state index in [1.807, 2.05) is 6.92 Å². The van der Waals surface area contributed by atoms with Crippen molar-refractivity contribution in [1.29, 1.82) is 0 Å². The minimum atomic E-state index is -3.18. The summed E-state index contributed by atoms with van der Waals surface area (Å²) in [6.07, 6.45) is 2.00. The predicted molar refractivity (Wildman–Crippen MR) is 58.8 cm³/mol. The summed E-state index contributed by atoms with van der Waals surface area (Å²) < 4.78 is 27.7. The van der Waals surface area contributed by atoms with Crippen LogP contribution in [0.2, 0.25) is 0 Å². The molecule has 0 spiro atoms. The van der Waals surface area contributed by atoms with E-state index in [2.05, 4.69) is 5.32 Å². The fourth-order valence-corrected chi connectivity index (χ4v) is 4.02. The lowest BCUT2D eigenvalue weighted by atomic mass is 10.2. The normalized spacial score (nSPS) is 24.7. The quantitative estimate of drug-likeness (QED) is 0.720. The second-order valence-corrected chi connectivity index (χ2v) is 6.01. The Hall–Kier alpha value is -0.170. The highest BCUT2D eigenvalue weighted by Gasteiger charge is 2.37. The van der Waals surface area contributed by atoms with Crippen LogP contribution in [0.5, 0.6) is 0 Å². The van der Waals surface area contributed by atoms with E-state index in [4.69, 9.17) is 0 Å². The van der Waals surface area contributed by atoms with E-state index in [0.717, 1.165) is 25.9 Å². The number of hydrogen-bond donors (Lipinski definition) is 1. The van der Waals surface area contributed by atoms with Crippen molar-refractivity contribution < 1.29 is 8.42 Å². The van der Waals surface area contributed by atoms with Gasteiger partial charge in [0.05, 0.1) is 6.04 Å². The summed E-state index contributed by atoms with van der Waals surface area (Å²) in [7, 11) is -3.18. The third-order valence-electron chi connectivity index (χ3n) is 3.17. The number of nitrogens with zero attached hydrogens (tertiary/aromatic N) is 2. The molecule has 1 N–H and O–H groups in total. The van der Waals surface area contributed by atoms with Crippen molar-refractivity contribution >= 4 is 10.2 Å². The van der Waals surface area contributed by atoms with E-state index in [1.165, 1.54) is 0 Å². The monoisotopic (exact) mass is 233 g/mol. The summed E-state index contributed by atoms with van der Waals surface area (Å²) >= 11 is 0. The lowest BCUT2D eigenvalue weighted by molar-refractivity contribution is 0.235. The molecule has 0 radical (unpaired) electrons. The van der Waals surface area contributed by atoms with E-state index in [9.17, 15) is 8.42 Å². The molecule has 88 valence electrons. The van der Waals surface area contributed by atoms with Crippen molar-refractivity contribution in [3.05, 3.63) is 0 Å². The van der Waals surface area contributed by atoms with Gasteiger partial charge in [-0.05, 0) is 12.8 Å². The van der Waals surface area contributed by atoms with E-state index < -0.39 is 10.2 Å². The second kappa shape index (κ2) is 4.37. The van der Waals surface area contributed by atoms with E-state index in [1.54, 1.807) is 8.61 Å². The van der Waals surface area contributed by atoms with Gasteiger partial charge in [-0.1, -0.05) is 6.92 Å². The molecule has 6 heteroatoms. The molecular weight excluding hydrogens is 214 g/mol. The highest BCUT2D eigenvalue weighted by atomic mass is 32.2. The second-order valence-electron chi connectivity index (χ2n) is 4.13. The molecule has 0 atom stereocenters. The Morgan fingerprint density at radius 2 is 1.93 bits per heavy atom. The van der Waals surface area contributed by atoms with Crippen molar-refractivity contribution in [2.75, 3.05) is 32.7 Å². The van der Waals surface area contributed by atoms with Gasteiger partial charge in [0.25, 0.3) is 10.2 Å². The molecule has 2 fully saturated rings. The van der Waals surface area contributed by atoms with Gasteiger partial charge in [-0.15, -0.1) is 0 Å². The number of nitrogens with one attached hydrogen (secondary N) is 1. The molecule has 0 aliphatic carbocycles. The molecule has 0 bridgehead atoms. The molecule has 0 unspecified atom stereocenters. The summed E-state index contributed by atoms with van der Waals surface area (Å²) in [5.74, 6) is 0. The Kier molecular flexibility index (Phi) is 3.30. The van der Waals surface area contributed by atoms with Crippen LogP contribution in [0.4, 0.5) is 0 Å². The van der Waals surface area contributed by atoms with Gasteiger partial charge in [0.15, 0.2) is 0 Å². The Morgan fingerprint density at radius 3 is 2.33 bits per heavy atom. The standard InChI is InChI=1S/C9H19N3O2S/c1-2-12(9-7-10-8-9)15(13,14)11-5-3-4-6-11/h9-10H,2-8H2,1H3. The maximum atomic E-state index is 12.2. The number of rotatable bonds is 4. The van der Waals surface area contributed by atoms with Crippen LogP contribution in [0, 0.1) is 0 Å². The third-order valence-corrected chi connectivity index (χ3v) is 5.33. The fourth-order valence-electron chi connectivity index (χ4n) is 2.15. The zero-order chi connectivity index (χ0) is 10.9. The summed E-state index contributed by atoms with van der Waals surface area (Å²) in [5, 5.41) is 3.11. The van der Waals surface area contributed by atoms with Crippen molar-refractivity contribution in [2.45, 2.75) is 25.8 Å². The zero-order valence-electron chi connectivity index (χ0n) is 9.15.